The number of amides is 1. The molecule has 0 radical (unpaired) electrons. The highest BCUT2D eigenvalue weighted by molar-refractivity contribution is 8.20. The van der Waals surface area contributed by atoms with E-state index in [0.29, 0.717) is 0 Å². The number of benzene rings is 2. The lowest BCUT2D eigenvalue weighted by atomic mass is 9.72. The lowest BCUT2D eigenvalue weighted by Gasteiger charge is -2.42. The van der Waals surface area contributed by atoms with E-state index >= 15 is 0 Å². The first-order valence-corrected chi connectivity index (χ1v) is 16.0. The van der Waals surface area contributed by atoms with Crippen LogP contribution in [0.2, 0.25) is 0 Å². The average Bonchev–Trinajstić information content (AvgIpc) is 3.44. The number of phenolic OH excluding ortho intramolecular Hbond substituents is 2. The predicted octanol–water partition coefficient (Wildman–Crippen LogP) is 0.856. The minimum Gasteiger partial charge on any atom is -0.507 e. The molecule has 3 heterocycles. The van der Waals surface area contributed by atoms with E-state index in [-0.39, 0.29) is 51.4 Å². The van der Waals surface area contributed by atoms with E-state index in [2.05, 4.69) is 0 Å². The highest BCUT2D eigenvalue weighted by Crippen LogP contribution is 2.57. The van der Waals surface area contributed by atoms with Crippen molar-refractivity contribution in [2.24, 2.45) is 5.73 Å². The van der Waals surface area contributed by atoms with Crippen molar-refractivity contribution in [3.8, 4) is 11.5 Å². The fourth-order valence-corrected chi connectivity index (χ4v) is 9.99. The van der Waals surface area contributed by atoms with Crippen molar-refractivity contribution >= 4 is 41.0 Å². The zero-order chi connectivity index (χ0) is 30.5. The van der Waals surface area contributed by atoms with Crippen molar-refractivity contribution in [3.63, 3.8) is 0 Å². The van der Waals surface area contributed by atoms with Crippen LogP contribution in [0, 0.1) is 0 Å². The first-order chi connectivity index (χ1) is 20.5. The van der Waals surface area contributed by atoms with E-state index in [1.54, 1.807) is 35.3 Å². The topological polar surface area (TPSA) is 200 Å². The number of phenols is 2. The van der Waals surface area contributed by atoms with Gasteiger partial charge >= 0.3 is 0 Å². The molecule has 3 aliphatic heterocycles. The number of hydrogen-bond donors (Lipinski definition) is 6. The van der Waals surface area contributed by atoms with Gasteiger partial charge in [0, 0.05) is 52.6 Å². The summed E-state index contributed by atoms with van der Waals surface area (Å²) in [6.45, 7) is 1.08. The summed E-state index contributed by atoms with van der Waals surface area (Å²) in [4.78, 5) is 42.8. The predicted molar refractivity (Wildman–Crippen MR) is 154 cm³/mol. The maximum Gasteiger partial charge on any atom is 0.257 e. The number of nitrogens with two attached hydrogens (primary N) is 1. The second kappa shape index (κ2) is 10.2. The van der Waals surface area contributed by atoms with Gasteiger partial charge in [0.2, 0.25) is 0 Å². The van der Waals surface area contributed by atoms with E-state index in [1.807, 2.05) is 0 Å². The smallest absolute Gasteiger partial charge is 0.257 e. The fraction of sp³-hybridized carbons (Fsp3) is 0.483. The largest absolute Gasteiger partial charge is 0.507 e. The number of thioether (sulfide) groups is 2. The molecule has 3 fully saturated rings. The quantitative estimate of drug-likeness (QED) is 0.175. The molecule has 7 N–H and O–H groups in total. The summed E-state index contributed by atoms with van der Waals surface area (Å²) < 4.78 is 12.0. The molecular weight excluding hydrogens is 600 g/mol. The van der Waals surface area contributed by atoms with Gasteiger partial charge in [0.05, 0.1) is 36.0 Å². The minimum atomic E-state index is -2.08. The van der Waals surface area contributed by atoms with Crippen molar-refractivity contribution in [2.75, 3.05) is 5.08 Å². The molecule has 2 aliphatic carbocycles. The second-order valence-corrected chi connectivity index (χ2v) is 14.2. The van der Waals surface area contributed by atoms with Crippen LogP contribution in [0.4, 0.5) is 0 Å². The van der Waals surface area contributed by atoms with Crippen molar-refractivity contribution < 1.29 is 49.4 Å². The number of ketones is 2. The highest BCUT2D eigenvalue weighted by Gasteiger charge is 2.61. The van der Waals surface area contributed by atoms with Gasteiger partial charge in [-0.1, -0.05) is 18.2 Å². The number of aromatic hydroxyl groups is 2. The maximum absolute atomic E-state index is 13.8. The third-order valence-electron chi connectivity index (χ3n) is 9.03. The van der Waals surface area contributed by atoms with Crippen LogP contribution in [-0.2, 0) is 27.3 Å². The number of rotatable bonds is 4. The van der Waals surface area contributed by atoms with E-state index < -0.39 is 89.4 Å². The highest BCUT2D eigenvalue weighted by atomic mass is 32.2. The zero-order valence-electron chi connectivity index (χ0n) is 22.9. The third kappa shape index (κ3) is 4.26. The van der Waals surface area contributed by atoms with Gasteiger partial charge in [0.25, 0.3) is 5.91 Å². The van der Waals surface area contributed by atoms with Crippen molar-refractivity contribution in [1.29, 1.82) is 0 Å². The van der Waals surface area contributed by atoms with E-state index in [4.69, 9.17) is 15.2 Å². The van der Waals surface area contributed by atoms with Gasteiger partial charge in [0.1, 0.15) is 27.8 Å². The van der Waals surface area contributed by atoms with Crippen LogP contribution in [0.25, 0.3) is 0 Å². The summed E-state index contributed by atoms with van der Waals surface area (Å²) in [5, 5.41) is 56.0. The summed E-state index contributed by atoms with van der Waals surface area (Å²) >= 11 is 3.17. The Morgan fingerprint density at radius 1 is 1.14 bits per heavy atom. The van der Waals surface area contributed by atoms with Crippen molar-refractivity contribution in [1.82, 2.24) is 4.90 Å². The van der Waals surface area contributed by atoms with Crippen LogP contribution >= 0.6 is 23.5 Å². The van der Waals surface area contributed by atoms with Crippen LogP contribution in [0.3, 0.4) is 0 Å². The van der Waals surface area contributed by atoms with Gasteiger partial charge in [-0.05, 0) is 12.5 Å². The van der Waals surface area contributed by atoms with Gasteiger partial charge in [0.15, 0.2) is 17.9 Å². The number of nitrogens with zero attached hydrogens (tertiary/aromatic N) is 1. The number of aliphatic hydroxyl groups excluding tert-OH is 2. The molecule has 8 atom stereocenters. The standard InChI is InChI=1S/C29H30N2O10S2/c1-10-21(33)14(30)5-16(40-10)41-15-7-29(39,28(38)31-26-27(31)43-9-42-26)6-13-18(15)25(37)20-19(23(13)35)22(34)12-4-2-3-11(8-32)17(12)24(20)36/h2-4,10,14-16,21,26-27,32-33,35,37,39H,5-9,30H2,1H3/t10-,14-,15-,16?,21+,26+,27?,29-,31?/m0/s1. The Kier molecular flexibility index (Phi) is 6.87. The van der Waals surface area contributed by atoms with Crippen LogP contribution < -0.4 is 5.73 Å². The molecule has 0 bridgehead atoms. The summed E-state index contributed by atoms with van der Waals surface area (Å²) in [6, 6.07) is 3.68. The Morgan fingerprint density at radius 2 is 1.84 bits per heavy atom. The normalized spacial score (nSPS) is 34.3. The Morgan fingerprint density at radius 3 is 2.51 bits per heavy atom. The van der Waals surface area contributed by atoms with Crippen LogP contribution in [0.15, 0.2) is 18.2 Å². The second-order valence-electron chi connectivity index (χ2n) is 11.6. The number of ether oxygens (including phenoxy) is 2. The molecule has 5 aliphatic rings. The van der Waals surface area contributed by atoms with Gasteiger partial charge < -0.3 is 45.6 Å². The zero-order valence-corrected chi connectivity index (χ0v) is 24.6. The summed E-state index contributed by atoms with van der Waals surface area (Å²) in [5.41, 5.74) is 3.05. The number of carbonyl (C=O) groups is 3. The maximum atomic E-state index is 13.8. The first-order valence-electron chi connectivity index (χ1n) is 13.9. The molecule has 7 rings (SSSR count). The summed E-state index contributed by atoms with van der Waals surface area (Å²) in [7, 11) is 0. The molecule has 14 heteroatoms. The molecule has 3 saturated heterocycles. The lowest BCUT2D eigenvalue weighted by Crippen LogP contribution is -2.53. The number of fused-ring (bicyclic) bond motifs is 4. The fourth-order valence-electron chi connectivity index (χ4n) is 6.78. The molecular formula is C29H30N2O10S2. The number of hydrogen-bond acceptors (Lipinski definition) is 13. The molecule has 0 aromatic heterocycles. The van der Waals surface area contributed by atoms with E-state index in [0.717, 1.165) is 5.08 Å². The molecule has 2 aromatic carbocycles. The molecule has 1 amide bonds. The van der Waals surface area contributed by atoms with Crippen molar-refractivity contribution in [2.45, 2.75) is 79.8 Å². The van der Waals surface area contributed by atoms with Crippen LogP contribution in [-0.4, -0.2) is 93.9 Å². The van der Waals surface area contributed by atoms with Gasteiger partial charge in [-0.25, -0.2) is 0 Å². The number of carbonyl (C=O) groups excluding carboxylic acids is 3. The van der Waals surface area contributed by atoms with Gasteiger partial charge in [-0.15, -0.1) is 23.5 Å². The summed E-state index contributed by atoms with van der Waals surface area (Å²) in [6.07, 6.45) is -4.69. The van der Waals surface area contributed by atoms with Crippen molar-refractivity contribution in [3.05, 3.63) is 57.1 Å². The number of aliphatic hydroxyl groups is 3. The Balaban J connectivity index is 1.36. The molecule has 2 unspecified atom stereocenters. The van der Waals surface area contributed by atoms with E-state index in [1.165, 1.54) is 18.2 Å². The van der Waals surface area contributed by atoms with Crippen LogP contribution in [0.5, 0.6) is 11.5 Å². The summed E-state index contributed by atoms with van der Waals surface area (Å²) in [5.74, 6) is -3.34. The Labute approximate surface area is 254 Å². The van der Waals surface area contributed by atoms with Gasteiger partial charge in [-0.2, -0.15) is 0 Å². The average molecular weight is 631 g/mol. The molecule has 12 nitrogen and oxygen atoms in total. The molecule has 228 valence electrons. The monoisotopic (exact) mass is 630 g/mol. The molecule has 43 heavy (non-hydrogen) atoms. The lowest BCUT2D eigenvalue weighted by molar-refractivity contribution is -0.247. The van der Waals surface area contributed by atoms with Gasteiger partial charge in [-0.3, -0.25) is 14.4 Å². The Hall–Kier alpha value is -2.69. The molecule has 0 spiro atoms. The molecule has 2 aromatic rings. The van der Waals surface area contributed by atoms with E-state index in [9.17, 15) is 39.9 Å². The first kappa shape index (κ1) is 29.0. The SMILES string of the molecule is C[C@@H]1OC(O[C@H]2C[C@](O)(C(=O)N3C4SCS[C@H]43)Cc3c(O)c4c(c(O)c32)C(=O)c2c(CO)cccc2C4=O)C[C@H](N)[C@@H]1O. The Bertz CT molecular complexity index is 1560. The third-order valence-corrected chi connectivity index (χ3v) is 11.9. The minimum absolute atomic E-state index is 0.0447. The molecule has 0 saturated carbocycles. The van der Waals surface area contributed by atoms with Crippen LogP contribution in [0.1, 0.15) is 74.4 Å².